The van der Waals surface area contributed by atoms with Crippen LogP contribution in [0.2, 0.25) is 5.02 Å². The van der Waals surface area contributed by atoms with Crippen LogP contribution >= 0.6 is 11.6 Å². The molecule has 0 spiro atoms. The maximum absolute atomic E-state index is 10.7. The number of hydrogen-bond acceptors (Lipinski definition) is 4. The molecule has 2 rings (SSSR count). The van der Waals surface area contributed by atoms with Crippen LogP contribution in [0.1, 0.15) is 26.3 Å². The van der Waals surface area contributed by atoms with Crippen molar-refractivity contribution in [2.45, 2.75) is 38.1 Å². The van der Waals surface area contributed by atoms with Crippen LogP contribution in [0.15, 0.2) is 24.3 Å². The van der Waals surface area contributed by atoms with Gasteiger partial charge in [0, 0.05) is 10.6 Å². The minimum atomic E-state index is -1.56. The average molecular weight is 272 g/mol. The highest BCUT2D eigenvalue weighted by atomic mass is 35.5. The van der Waals surface area contributed by atoms with E-state index in [1.54, 1.807) is 31.2 Å². The van der Waals surface area contributed by atoms with Crippen molar-refractivity contribution in [1.82, 2.24) is 5.06 Å². The van der Waals surface area contributed by atoms with Crippen molar-refractivity contribution in [2.24, 2.45) is 0 Å². The molecule has 1 aliphatic heterocycles. The van der Waals surface area contributed by atoms with Crippen LogP contribution in [0.4, 0.5) is 0 Å². The number of aliphatic hydroxyl groups is 1. The lowest BCUT2D eigenvalue weighted by Gasteiger charge is -2.50. The van der Waals surface area contributed by atoms with Crippen LogP contribution < -0.4 is 0 Å². The Morgan fingerprint density at radius 3 is 2.72 bits per heavy atom. The fourth-order valence-corrected chi connectivity index (χ4v) is 2.39. The molecule has 100 valence electrons. The molecule has 0 amide bonds. The molecule has 1 aromatic carbocycles. The zero-order valence-electron chi connectivity index (χ0n) is 10.7. The van der Waals surface area contributed by atoms with Gasteiger partial charge in [-0.2, -0.15) is 5.06 Å². The lowest BCUT2D eigenvalue weighted by atomic mass is 9.92. The van der Waals surface area contributed by atoms with E-state index in [1.165, 1.54) is 0 Å². The number of hydroxylamine groups is 2. The largest absolute Gasteiger partial charge is 0.361 e. The zero-order chi connectivity index (χ0) is 13.6. The lowest BCUT2D eigenvalue weighted by Crippen LogP contribution is -2.63. The van der Waals surface area contributed by atoms with Gasteiger partial charge in [0.2, 0.25) is 5.79 Å². The van der Waals surface area contributed by atoms with Gasteiger partial charge in [0.25, 0.3) is 0 Å². The Balaban J connectivity index is 2.38. The predicted octanol–water partition coefficient (Wildman–Crippen LogP) is 2.37. The Labute approximate surface area is 112 Å². The van der Waals surface area contributed by atoms with Crippen molar-refractivity contribution >= 4 is 11.6 Å². The third-order valence-corrected chi connectivity index (χ3v) is 3.67. The van der Waals surface area contributed by atoms with E-state index in [-0.39, 0.29) is 6.61 Å². The molecule has 18 heavy (non-hydrogen) atoms. The minimum Gasteiger partial charge on any atom is -0.361 e. The quantitative estimate of drug-likeness (QED) is 0.823. The fourth-order valence-electron chi connectivity index (χ4n) is 2.20. The van der Waals surface area contributed by atoms with Crippen LogP contribution in [0.5, 0.6) is 0 Å². The van der Waals surface area contributed by atoms with E-state index >= 15 is 0 Å². The van der Waals surface area contributed by atoms with Crippen molar-refractivity contribution < 1.29 is 15.1 Å². The van der Waals surface area contributed by atoms with Gasteiger partial charge in [0.05, 0.1) is 18.2 Å². The molecule has 0 unspecified atom stereocenters. The van der Waals surface area contributed by atoms with E-state index in [4.69, 9.17) is 16.3 Å². The second-order valence-electron chi connectivity index (χ2n) is 5.33. The number of nitrogens with zero attached hydrogens (tertiary/aromatic N) is 1. The molecule has 4 nitrogen and oxygen atoms in total. The third-order valence-electron chi connectivity index (χ3n) is 3.44. The Hall–Kier alpha value is -0.650. The smallest absolute Gasteiger partial charge is 0.210 e. The lowest BCUT2D eigenvalue weighted by molar-refractivity contribution is -0.363. The number of rotatable bonds is 1. The summed E-state index contributed by atoms with van der Waals surface area (Å²) in [6, 6.07) is 6.24. The molecule has 0 saturated carbocycles. The maximum Gasteiger partial charge on any atom is 0.210 e. The average Bonchev–Trinajstić information content (AvgIpc) is 2.32. The van der Waals surface area contributed by atoms with Crippen LogP contribution in [0.3, 0.4) is 0 Å². The van der Waals surface area contributed by atoms with Crippen LogP contribution in [0, 0.1) is 0 Å². The fraction of sp³-hybridized carbons (Fsp3) is 0.538. The number of hydrogen-bond donors (Lipinski definition) is 2. The Kier molecular flexibility index (Phi) is 3.42. The molecule has 1 aromatic rings. The summed E-state index contributed by atoms with van der Waals surface area (Å²) in [4.78, 5) is 0. The highest BCUT2D eigenvalue weighted by Crippen LogP contribution is 2.38. The molecule has 1 fully saturated rings. The molecule has 1 saturated heterocycles. The maximum atomic E-state index is 10.7. The molecule has 0 aliphatic carbocycles. The zero-order valence-corrected chi connectivity index (χ0v) is 11.5. The first-order valence-electron chi connectivity index (χ1n) is 5.88. The van der Waals surface area contributed by atoms with Gasteiger partial charge in [-0.05, 0) is 32.9 Å². The first-order chi connectivity index (χ1) is 8.27. The molecule has 1 heterocycles. The molecule has 0 radical (unpaired) electrons. The summed E-state index contributed by atoms with van der Waals surface area (Å²) in [5.41, 5.74) is 0.00146. The highest BCUT2D eigenvalue weighted by Gasteiger charge is 2.50. The van der Waals surface area contributed by atoms with E-state index in [2.05, 4.69) is 0 Å². The van der Waals surface area contributed by atoms with Crippen molar-refractivity contribution in [3.05, 3.63) is 34.9 Å². The summed E-state index contributed by atoms with van der Waals surface area (Å²) in [7, 11) is 0. The number of ether oxygens (including phenoxy) is 1. The Bertz CT molecular complexity index is 452. The van der Waals surface area contributed by atoms with Gasteiger partial charge < -0.3 is 15.1 Å². The summed E-state index contributed by atoms with van der Waals surface area (Å²) < 4.78 is 5.60. The van der Waals surface area contributed by atoms with Gasteiger partial charge in [-0.3, -0.25) is 0 Å². The SMILES string of the molecule is C[C@H]1N(O)C(C)(C)CO[C@@]1(O)c1cccc(Cl)c1. The van der Waals surface area contributed by atoms with Crippen molar-refractivity contribution in [3.63, 3.8) is 0 Å². The first kappa shape index (κ1) is 13.8. The third kappa shape index (κ3) is 2.15. The van der Waals surface area contributed by atoms with Gasteiger partial charge in [0.15, 0.2) is 0 Å². The van der Waals surface area contributed by atoms with Gasteiger partial charge in [-0.15, -0.1) is 0 Å². The molecular formula is C13H18ClNO3. The predicted molar refractivity (Wildman–Crippen MR) is 68.5 cm³/mol. The number of benzene rings is 1. The van der Waals surface area contributed by atoms with Crippen LogP contribution in [-0.4, -0.2) is 33.6 Å². The summed E-state index contributed by atoms with van der Waals surface area (Å²) >= 11 is 5.92. The van der Waals surface area contributed by atoms with E-state index in [0.29, 0.717) is 10.6 Å². The summed E-state index contributed by atoms with van der Waals surface area (Å²) in [5.74, 6) is -1.56. The van der Waals surface area contributed by atoms with Crippen LogP contribution in [0.25, 0.3) is 0 Å². The van der Waals surface area contributed by atoms with E-state index in [0.717, 1.165) is 5.06 Å². The molecule has 2 atom stereocenters. The molecule has 1 aliphatic rings. The second-order valence-corrected chi connectivity index (χ2v) is 5.76. The summed E-state index contributed by atoms with van der Waals surface area (Å²) in [6.07, 6.45) is 0. The first-order valence-corrected chi connectivity index (χ1v) is 6.26. The highest BCUT2D eigenvalue weighted by molar-refractivity contribution is 6.30. The van der Waals surface area contributed by atoms with Gasteiger partial charge >= 0.3 is 0 Å². The monoisotopic (exact) mass is 271 g/mol. The van der Waals surface area contributed by atoms with Crippen LogP contribution in [-0.2, 0) is 10.5 Å². The summed E-state index contributed by atoms with van der Waals surface area (Å²) in [6.45, 7) is 5.63. The van der Waals surface area contributed by atoms with Crippen molar-refractivity contribution in [1.29, 1.82) is 0 Å². The standard InChI is InChI=1S/C13H18ClNO3/c1-9-13(16,10-5-4-6-11(14)7-10)18-8-12(2,3)15(9)17/h4-7,9,16-17H,8H2,1-3H3/t9-,13-/m1/s1. The molecule has 2 N–H and O–H groups in total. The van der Waals surface area contributed by atoms with Gasteiger partial charge in [-0.1, -0.05) is 23.7 Å². The topological polar surface area (TPSA) is 52.9 Å². The molecule has 5 heteroatoms. The van der Waals surface area contributed by atoms with E-state index in [9.17, 15) is 10.3 Å². The van der Waals surface area contributed by atoms with Gasteiger partial charge in [-0.25, -0.2) is 0 Å². The number of morpholine rings is 1. The van der Waals surface area contributed by atoms with Crippen molar-refractivity contribution in [3.8, 4) is 0 Å². The molecule has 0 aromatic heterocycles. The van der Waals surface area contributed by atoms with E-state index < -0.39 is 17.4 Å². The Morgan fingerprint density at radius 1 is 1.44 bits per heavy atom. The molecule has 0 bridgehead atoms. The van der Waals surface area contributed by atoms with Crippen molar-refractivity contribution in [2.75, 3.05) is 6.61 Å². The van der Waals surface area contributed by atoms with Gasteiger partial charge in [0.1, 0.15) is 0 Å². The normalized spacial score (nSPS) is 32.4. The second kappa shape index (κ2) is 4.47. The van der Waals surface area contributed by atoms with E-state index in [1.807, 2.05) is 13.8 Å². The summed E-state index contributed by atoms with van der Waals surface area (Å²) in [5, 5.41) is 22.4. The minimum absolute atomic E-state index is 0.219. The Morgan fingerprint density at radius 2 is 2.11 bits per heavy atom. The molecular weight excluding hydrogens is 254 g/mol. The number of halogens is 1.